The molecular weight excluding hydrogens is 823 g/mol. The first-order valence-corrected chi connectivity index (χ1v) is 23.5. The van der Waals surface area contributed by atoms with Gasteiger partial charge in [0, 0.05) is 42.9 Å². The van der Waals surface area contributed by atoms with Crippen molar-refractivity contribution in [3.05, 3.63) is 269 Å². The molecule has 10 aromatic carbocycles. The monoisotopic (exact) mass is 859 g/mol. The quantitative estimate of drug-likeness (QED) is 0.177. The van der Waals surface area contributed by atoms with E-state index >= 15 is 0 Å². The number of furan rings is 1. The molecule has 2 aliphatic carbocycles. The fourth-order valence-electron chi connectivity index (χ4n) is 12.4. The third kappa shape index (κ3) is 4.49. The van der Waals surface area contributed by atoms with E-state index < -0.39 is 10.8 Å². The summed E-state index contributed by atoms with van der Waals surface area (Å²) in [6.07, 6.45) is 0. The van der Waals surface area contributed by atoms with Crippen molar-refractivity contribution in [3.8, 4) is 33.8 Å². The van der Waals surface area contributed by atoms with E-state index in [9.17, 15) is 0 Å². The van der Waals surface area contributed by atoms with Crippen LogP contribution >= 0.6 is 11.8 Å². The molecule has 4 aliphatic rings. The van der Waals surface area contributed by atoms with Crippen molar-refractivity contribution in [2.75, 3.05) is 4.90 Å². The molecule has 0 bridgehead atoms. The fraction of sp³-hybridized carbons (Fsp3) is 0.0323. The van der Waals surface area contributed by atoms with E-state index in [1.54, 1.807) is 0 Å². The Morgan fingerprint density at radius 1 is 0.364 bits per heavy atom. The van der Waals surface area contributed by atoms with Crippen LogP contribution in [0.2, 0.25) is 0 Å². The second-order valence-corrected chi connectivity index (χ2v) is 18.9. The molecule has 66 heavy (non-hydrogen) atoms. The minimum atomic E-state index is -0.632. The molecule has 11 aromatic rings. The van der Waals surface area contributed by atoms with Crippen LogP contribution in [0.1, 0.15) is 44.5 Å². The lowest BCUT2D eigenvalue weighted by molar-refractivity contribution is 0.436. The summed E-state index contributed by atoms with van der Waals surface area (Å²) in [5.74, 6) is 1.75. The van der Waals surface area contributed by atoms with Gasteiger partial charge in [0.25, 0.3) is 0 Å². The predicted octanol–water partition coefficient (Wildman–Crippen LogP) is 16.4. The summed E-state index contributed by atoms with van der Waals surface area (Å²) in [5.41, 5.74) is 18.6. The van der Waals surface area contributed by atoms with Crippen molar-refractivity contribution < 1.29 is 9.15 Å². The SMILES string of the molecule is c1ccc2c(c1)Oc1ccccc1C21c2ccccc2-c2ccc(N(c3cccc4c3-c3ccccc3C43c4ccccc4Sc4ccccc43)c3cccc4c3oc3ccccc34)cc21. The van der Waals surface area contributed by atoms with Gasteiger partial charge < -0.3 is 14.1 Å². The number of hydrogen-bond acceptors (Lipinski definition) is 4. The highest BCUT2D eigenvalue weighted by Gasteiger charge is 2.53. The largest absolute Gasteiger partial charge is 0.457 e. The number of benzene rings is 10. The zero-order chi connectivity index (χ0) is 43.1. The molecule has 15 rings (SSSR count). The second-order valence-electron chi connectivity index (χ2n) is 17.8. The standard InChI is InChI=1S/C62H37NO2S/c1-4-21-44-39(17-1)40-36-35-38(37-51(40)61(44)46-23-6-11-31-55(46)64-56-32-12-7-24-47(56)61)63(53-29-15-20-42-41-18-3-10-30-54(41)65-60(42)53)52-28-16-27-50-59(52)43-19-2-5-22-45(43)62(50)48-25-8-13-33-57(48)66-58-34-14-9-26-49(58)62/h1-37H. The minimum absolute atomic E-state index is 0.531. The van der Waals surface area contributed by atoms with E-state index in [4.69, 9.17) is 9.15 Å². The lowest BCUT2D eigenvalue weighted by atomic mass is 9.66. The highest BCUT2D eigenvalue weighted by molar-refractivity contribution is 7.99. The number of anilines is 3. The van der Waals surface area contributed by atoms with Crippen LogP contribution in [0.15, 0.2) is 239 Å². The molecule has 0 saturated heterocycles. The molecule has 0 fully saturated rings. The van der Waals surface area contributed by atoms with Gasteiger partial charge in [0.15, 0.2) is 5.58 Å². The van der Waals surface area contributed by atoms with Crippen LogP contribution in [0, 0.1) is 0 Å². The van der Waals surface area contributed by atoms with Crippen LogP contribution in [0.3, 0.4) is 0 Å². The summed E-state index contributed by atoms with van der Waals surface area (Å²) in [6, 6.07) is 82.5. The summed E-state index contributed by atoms with van der Waals surface area (Å²) in [7, 11) is 0. The number of rotatable bonds is 3. The van der Waals surface area contributed by atoms with Crippen LogP contribution in [0.4, 0.5) is 17.1 Å². The molecule has 0 atom stereocenters. The Hall–Kier alpha value is -8.05. The lowest BCUT2D eigenvalue weighted by Crippen LogP contribution is -2.32. The van der Waals surface area contributed by atoms with Gasteiger partial charge in [-0.3, -0.25) is 0 Å². The summed E-state index contributed by atoms with van der Waals surface area (Å²) < 4.78 is 13.7. The first-order chi connectivity index (χ1) is 32.7. The van der Waals surface area contributed by atoms with Crippen molar-refractivity contribution in [1.82, 2.24) is 0 Å². The van der Waals surface area contributed by atoms with Crippen LogP contribution in [-0.4, -0.2) is 0 Å². The Kier molecular flexibility index (Phi) is 7.29. The number of para-hydroxylation sites is 4. The third-order valence-electron chi connectivity index (χ3n) is 14.8. The van der Waals surface area contributed by atoms with Gasteiger partial charge in [-0.15, -0.1) is 0 Å². The van der Waals surface area contributed by atoms with E-state index in [-0.39, 0.29) is 0 Å². The highest BCUT2D eigenvalue weighted by Crippen LogP contribution is 2.66. The van der Waals surface area contributed by atoms with Gasteiger partial charge in [0.2, 0.25) is 0 Å². The van der Waals surface area contributed by atoms with Gasteiger partial charge >= 0.3 is 0 Å². The molecular formula is C62H37NO2S. The average molecular weight is 860 g/mol. The molecule has 3 heterocycles. The zero-order valence-electron chi connectivity index (χ0n) is 35.5. The van der Waals surface area contributed by atoms with Crippen LogP contribution < -0.4 is 9.64 Å². The molecule has 4 heteroatoms. The molecule has 308 valence electrons. The topological polar surface area (TPSA) is 25.6 Å². The Labute approximate surface area is 386 Å². The first kappa shape index (κ1) is 36.3. The second kappa shape index (κ2) is 13.3. The van der Waals surface area contributed by atoms with Crippen molar-refractivity contribution >= 4 is 50.8 Å². The molecule has 1 aromatic heterocycles. The Balaban J connectivity index is 1.07. The van der Waals surface area contributed by atoms with Crippen molar-refractivity contribution in [1.29, 1.82) is 0 Å². The molecule has 0 radical (unpaired) electrons. The maximum absolute atomic E-state index is 6.98. The number of nitrogens with zero attached hydrogens (tertiary/aromatic N) is 1. The molecule has 0 N–H and O–H groups in total. The van der Waals surface area contributed by atoms with Gasteiger partial charge in [-0.1, -0.05) is 182 Å². The molecule has 0 unspecified atom stereocenters. The average Bonchev–Trinajstić information content (AvgIpc) is 4.00. The van der Waals surface area contributed by atoms with Gasteiger partial charge in [0.1, 0.15) is 17.1 Å². The third-order valence-corrected chi connectivity index (χ3v) is 16.0. The van der Waals surface area contributed by atoms with Crippen LogP contribution in [0.5, 0.6) is 11.5 Å². The van der Waals surface area contributed by atoms with Gasteiger partial charge in [-0.2, -0.15) is 0 Å². The van der Waals surface area contributed by atoms with E-state index in [1.165, 1.54) is 65.4 Å². The molecule has 3 nitrogen and oxygen atoms in total. The number of fused-ring (bicyclic) bond motifs is 21. The van der Waals surface area contributed by atoms with E-state index in [0.717, 1.165) is 61.6 Å². The van der Waals surface area contributed by atoms with Crippen LogP contribution in [0.25, 0.3) is 44.2 Å². The van der Waals surface area contributed by atoms with E-state index in [2.05, 4.69) is 229 Å². The summed E-state index contributed by atoms with van der Waals surface area (Å²) in [4.78, 5) is 5.06. The van der Waals surface area contributed by atoms with E-state index in [1.807, 2.05) is 11.8 Å². The van der Waals surface area contributed by atoms with Crippen molar-refractivity contribution in [2.45, 2.75) is 20.6 Å². The number of ether oxygens (including phenoxy) is 1. The molecule has 2 spiro atoms. The molecule has 0 saturated carbocycles. The highest BCUT2D eigenvalue weighted by atomic mass is 32.2. The van der Waals surface area contributed by atoms with Crippen LogP contribution in [-0.2, 0) is 10.8 Å². The minimum Gasteiger partial charge on any atom is -0.457 e. The van der Waals surface area contributed by atoms with Gasteiger partial charge in [-0.05, 0) is 105 Å². The Bertz CT molecular complexity index is 3790. The summed E-state index contributed by atoms with van der Waals surface area (Å²) >= 11 is 1.88. The number of hydrogen-bond donors (Lipinski definition) is 0. The lowest BCUT2D eigenvalue weighted by Gasteiger charge is -2.40. The van der Waals surface area contributed by atoms with Gasteiger partial charge in [-0.25, -0.2) is 0 Å². The van der Waals surface area contributed by atoms with E-state index in [0.29, 0.717) is 0 Å². The smallest absolute Gasteiger partial charge is 0.159 e. The predicted molar refractivity (Wildman–Crippen MR) is 267 cm³/mol. The maximum Gasteiger partial charge on any atom is 0.159 e. The molecule has 0 amide bonds. The maximum atomic E-state index is 6.98. The summed E-state index contributed by atoms with van der Waals surface area (Å²) in [6.45, 7) is 0. The molecule has 2 aliphatic heterocycles. The first-order valence-electron chi connectivity index (χ1n) is 22.7. The fourth-order valence-corrected chi connectivity index (χ4v) is 13.6. The Morgan fingerprint density at radius 2 is 0.879 bits per heavy atom. The Morgan fingerprint density at radius 3 is 1.62 bits per heavy atom. The normalized spacial score (nSPS) is 14.7. The summed E-state index contributed by atoms with van der Waals surface area (Å²) in [5, 5.41) is 2.19. The van der Waals surface area contributed by atoms with Gasteiger partial charge in [0.05, 0.1) is 22.2 Å². The zero-order valence-corrected chi connectivity index (χ0v) is 36.4. The van der Waals surface area contributed by atoms with Crippen molar-refractivity contribution in [2.24, 2.45) is 0 Å². The van der Waals surface area contributed by atoms with Crippen molar-refractivity contribution in [3.63, 3.8) is 0 Å².